The Kier molecular flexibility index (Phi) is 5.14. The van der Waals surface area contributed by atoms with E-state index in [1.807, 2.05) is 77.7 Å². The number of hydrogen-bond acceptors (Lipinski definition) is 4. The number of unbranched alkanes of at least 4 members (excludes halogenated alkanes) is 1. The molecule has 160 valence electrons. The number of benzene rings is 2. The van der Waals surface area contributed by atoms with Crippen LogP contribution in [0.15, 0.2) is 72.8 Å². The summed E-state index contributed by atoms with van der Waals surface area (Å²) in [6, 6.07) is 19.8. The first-order valence-corrected chi connectivity index (χ1v) is 11.1. The Bertz CT molecular complexity index is 949. The number of ether oxygens (including phenoxy) is 2. The number of carbonyl (C=O) groups is 2. The molecule has 5 heteroatoms. The third-order valence-corrected chi connectivity index (χ3v) is 6.69. The maximum Gasteiger partial charge on any atom is 0.312 e. The SMILES string of the molecule is CCCCOC(=O)[C@H]1[C@H]2C=C[C@@]3(CN(C(c4ccccc4)c4ccccc4)C(=O)[C@@H]13)O2. The van der Waals surface area contributed by atoms with Crippen molar-refractivity contribution >= 4 is 11.9 Å². The van der Waals surface area contributed by atoms with Crippen LogP contribution < -0.4 is 0 Å². The summed E-state index contributed by atoms with van der Waals surface area (Å²) in [7, 11) is 0. The summed E-state index contributed by atoms with van der Waals surface area (Å²) in [5.41, 5.74) is 1.33. The summed E-state index contributed by atoms with van der Waals surface area (Å²) >= 11 is 0. The van der Waals surface area contributed by atoms with Gasteiger partial charge in [-0.15, -0.1) is 0 Å². The number of nitrogens with zero attached hydrogens (tertiary/aromatic N) is 1. The molecule has 5 rings (SSSR count). The predicted molar refractivity (Wildman–Crippen MR) is 116 cm³/mol. The zero-order chi connectivity index (χ0) is 21.4. The molecule has 3 aliphatic rings. The predicted octanol–water partition coefficient (Wildman–Crippen LogP) is 3.90. The first-order valence-electron chi connectivity index (χ1n) is 11.1. The van der Waals surface area contributed by atoms with E-state index in [4.69, 9.17) is 9.47 Å². The van der Waals surface area contributed by atoms with E-state index in [2.05, 4.69) is 6.92 Å². The van der Waals surface area contributed by atoms with Crippen molar-refractivity contribution in [3.8, 4) is 0 Å². The maximum absolute atomic E-state index is 13.8. The molecule has 0 saturated carbocycles. The highest BCUT2D eigenvalue weighted by Gasteiger charge is 2.68. The van der Waals surface area contributed by atoms with Gasteiger partial charge in [0.05, 0.1) is 31.2 Å². The second kappa shape index (κ2) is 7.97. The average Bonchev–Trinajstić information content (AvgIpc) is 3.44. The van der Waals surface area contributed by atoms with E-state index < -0.39 is 17.4 Å². The normalized spacial score (nSPS) is 28.4. The Balaban J connectivity index is 1.49. The van der Waals surface area contributed by atoms with E-state index in [-0.39, 0.29) is 24.0 Å². The van der Waals surface area contributed by atoms with Crippen LogP contribution in [0.25, 0.3) is 0 Å². The van der Waals surface area contributed by atoms with E-state index >= 15 is 0 Å². The molecule has 3 heterocycles. The lowest BCUT2D eigenvalue weighted by Crippen LogP contribution is -2.40. The van der Waals surface area contributed by atoms with Gasteiger partial charge in [0.25, 0.3) is 0 Å². The van der Waals surface area contributed by atoms with E-state index in [0.29, 0.717) is 13.2 Å². The molecule has 1 amide bonds. The van der Waals surface area contributed by atoms with Crippen molar-refractivity contribution in [3.05, 3.63) is 83.9 Å². The summed E-state index contributed by atoms with van der Waals surface area (Å²) in [5.74, 6) is -1.47. The first kappa shape index (κ1) is 20.0. The van der Waals surface area contributed by atoms with E-state index in [0.717, 1.165) is 24.0 Å². The van der Waals surface area contributed by atoms with E-state index in [1.54, 1.807) is 0 Å². The quantitative estimate of drug-likeness (QED) is 0.390. The van der Waals surface area contributed by atoms with E-state index in [9.17, 15) is 9.59 Å². The highest BCUT2D eigenvalue weighted by atomic mass is 16.6. The van der Waals surface area contributed by atoms with Crippen molar-refractivity contribution in [3.63, 3.8) is 0 Å². The van der Waals surface area contributed by atoms with Gasteiger partial charge in [0, 0.05) is 0 Å². The minimum absolute atomic E-state index is 0.0398. The second-order valence-corrected chi connectivity index (χ2v) is 8.61. The first-order chi connectivity index (χ1) is 15.1. The van der Waals surface area contributed by atoms with Crippen molar-refractivity contribution in [1.29, 1.82) is 0 Å². The molecule has 5 nitrogen and oxygen atoms in total. The van der Waals surface area contributed by atoms with Gasteiger partial charge in [-0.1, -0.05) is 86.2 Å². The van der Waals surface area contributed by atoms with Gasteiger partial charge in [-0.2, -0.15) is 0 Å². The summed E-state index contributed by atoms with van der Waals surface area (Å²) in [5, 5.41) is 0. The number of rotatable bonds is 7. The van der Waals surface area contributed by atoms with Crippen molar-refractivity contribution < 1.29 is 19.1 Å². The third-order valence-electron chi connectivity index (χ3n) is 6.69. The molecule has 31 heavy (non-hydrogen) atoms. The molecule has 2 aromatic rings. The molecule has 0 aromatic heterocycles. The van der Waals surface area contributed by atoms with Gasteiger partial charge >= 0.3 is 5.97 Å². The molecule has 0 N–H and O–H groups in total. The van der Waals surface area contributed by atoms with Crippen LogP contribution in [0.3, 0.4) is 0 Å². The Morgan fingerprint density at radius 2 is 1.77 bits per heavy atom. The topological polar surface area (TPSA) is 55.8 Å². The van der Waals surface area contributed by atoms with Crippen LogP contribution in [0.5, 0.6) is 0 Å². The van der Waals surface area contributed by atoms with E-state index in [1.165, 1.54) is 0 Å². The molecule has 1 spiro atoms. The Hall–Kier alpha value is -2.92. The van der Waals surface area contributed by atoms with Gasteiger partial charge in [-0.3, -0.25) is 9.59 Å². The molecule has 2 saturated heterocycles. The monoisotopic (exact) mass is 417 g/mol. The Morgan fingerprint density at radius 3 is 2.39 bits per heavy atom. The lowest BCUT2D eigenvalue weighted by Gasteiger charge is -2.31. The Labute approximate surface area is 182 Å². The summed E-state index contributed by atoms with van der Waals surface area (Å²) in [6.07, 6.45) is 5.31. The van der Waals surface area contributed by atoms with Crippen molar-refractivity contribution in [2.45, 2.75) is 37.5 Å². The van der Waals surface area contributed by atoms with Crippen LogP contribution in [0.4, 0.5) is 0 Å². The zero-order valence-electron chi connectivity index (χ0n) is 17.6. The average molecular weight is 418 g/mol. The standard InChI is InChI=1S/C26H27NO4/c1-2-3-16-30-25(29)21-20-14-15-26(31-20)17-27(24(28)22(21)26)23(18-10-6-4-7-11-18)19-12-8-5-9-13-19/h4-15,20-23H,2-3,16-17H2,1H3/t20-,21+,22-,26+/m1/s1. The summed E-state index contributed by atoms with van der Waals surface area (Å²) in [4.78, 5) is 28.6. The second-order valence-electron chi connectivity index (χ2n) is 8.61. The molecule has 0 radical (unpaired) electrons. The number of hydrogen-bond donors (Lipinski definition) is 0. The number of carbonyl (C=O) groups excluding carboxylic acids is 2. The molecule has 2 fully saturated rings. The van der Waals surface area contributed by atoms with Gasteiger partial charge in [0.1, 0.15) is 11.5 Å². The van der Waals surface area contributed by atoms with Crippen LogP contribution >= 0.6 is 0 Å². The maximum atomic E-state index is 13.8. The van der Waals surface area contributed by atoms with Crippen LogP contribution in [-0.2, 0) is 19.1 Å². The molecule has 2 aromatic carbocycles. The number of likely N-dealkylation sites (tertiary alicyclic amines) is 1. The number of fused-ring (bicyclic) bond motifs is 1. The fourth-order valence-electron chi connectivity index (χ4n) is 5.25. The van der Waals surface area contributed by atoms with Crippen LogP contribution in [0, 0.1) is 11.8 Å². The fraction of sp³-hybridized carbons (Fsp3) is 0.385. The van der Waals surface area contributed by atoms with Crippen LogP contribution in [0.1, 0.15) is 36.9 Å². The molecular formula is C26H27NO4. The van der Waals surface area contributed by atoms with Crippen molar-refractivity contribution in [2.75, 3.05) is 13.2 Å². The Morgan fingerprint density at radius 1 is 1.13 bits per heavy atom. The van der Waals surface area contributed by atoms with Crippen molar-refractivity contribution in [2.24, 2.45) is 11.8 Å². The zero-order valence-corrected chi connectivity index (χ0v) is 17.6. The van der Waals surface area contributed by atoms with Gasteiger partial charge in [0.15, 0.2) is 0 Å². The molecular weight excluding hydrogens is 390 g/mol. The molecule has 3 aliphatic heterocycles. The van der Waals surface area contributed by atoms with Crippen LogP contribution in [0.2, 0.25) is 0 Å². The number of amides is 1. The lowest BCUT2D eigenvalue weighted by atomic mass is 9.77. The van der Waals surface area contributed by atoms with Gasteiger partial charge < -0.3 is 14.4 Å². The molecule has 2 bridgehead atoms. The fourth-order valence-corrected chi connectivity index (χ4v) is 5.25. The largest absolute Gasteiger partial charge is 0.465 e. The minimum atomic E-state index is -0.752. The van der Waals surface area contributed by atoms with Gasteiger partial charge in [-0.05, 0) is 17.5 Å². The van der Waals surface area contributed by atoms with Crippen molar-refractivity contribution in [1.82, 2.24) is 4.90 Å². The minimum Gasteiger partial charge on any atom is -0.465 e. The molecule has 0 unspecified atom stereocenters. The lowest BCUT2D eigenvalue weighted by molar-refractivity contribution is -0.154. The highest BCUT2D eigenvalue weighted by Crippen LogP contribution is 2.54. The molecule has 4 atom stereocenters. The third kappa shape index (κ3) is 3.28. The highest BCUT2D eigenvalue weighted by molar-refractivity contribution is 5.91. The molecule has 0 aliphatic carbocycles. The van der Waals surface area contributed by atoms with Gasteiger partial charge in [0.2, 0.25) is 5.91 Å². The van der Waals surface area contributed by atoms with Crippen LogP contribution in [-0.4, -0.2) is 41.6 Å². The summed E-state index contributed by atoms with van der Waals surface area (Å²) < 4.78 is 11.8. The summed E-state index contributed by atoms with van der Waals surface area (Å²) in [6.45, 7) is 2.87. The smallest absolute Gasteiger partial charge is 0.312 e. The number of esters is 1. The van der Waals surface area contributed by atoms with Gasteiger partial charge in [-0.25, -0.2) is 0 Å².